The van der Waals surface area contributed by atoms with Gasteiger partial charge in [0.2, 0.25) is 5.91 Å². The number of aliphatic carboxylic acids is 1. The molecule has 0 aliphatic carbocycles. The van der Waals surface area contributed by atoms with Crippen LogP contribution in [0.2, 0.25) is 0 Å². The number of carbonyl (C=O) groups is 2. The number of likely N-dealkylation sites (N-methyl/N-ethyl adjacent to an activating group) is 1. The molecule has 4 unspecified atom stereocenters. The molecule has 6 heteroatoms. The van der Waals surface area contributed by atoms with E-state index in [9.17, 15) is 9.59 Å². The first kappa shape index (κ1) is 24.1. The molecule has 0 aromatic heterocycles. The van der Waals surface area contributed by atoms with E-state index in [1.165, 1.54) is 7.11 Å². The van der Waals surface area contributed by atoms with Gasteiger partial charge in [-0.1, -0.05) is 48.0 Å². The number of methoxy groups -OCH3 is 1. The molecule has 0 aliphatic heterocycles. The van der Waals surface area contributed by atoms with Crippen LogP contribution in [0.4, 0.5) is 0 Å². The Labute approximate surface area is 141 Å². The minimum atomic E-state index is -0.941. The van der Waals surface area contributed by atoms with Crippen molar-refractivity contribution in [1.82, 2.24) is 4.90 Å². The van der Waals surface area contributed by atoms with Gasteiger partial charge in [0, 0.05) is 14.2 Å². The van der Waals surface area contributed by atoms with Crippen LogP contribution in [0, 0.1) is 11.8 Å². The molecule has 0 fully saturated rings. The maximum Gasteiger partial charge on any atom is 0.306 e. The second-order valence-electron chi connectivity index (χ2n) is 5.97. The number of carboxylic acids is 1. The van der Waals surface area contributed by atoms with E-state index < -0.39 is 18.1 Å². The SMILES string of the molecule is CC.CCC(C)C(C(CC(=O)O)OC)N(C)C(=O)C(N)C(C)C. The van der Waals surface area contributed by atoms with Gasteiger partial charge in [-0.25, -0.2) is 0 Å². The largest absolute Gasteiger partial charge is 0.481 e. The van der Waals surface area contributed by atoms with Gasteiger partial charge in [0.25, 0.3) is 0 Å². The molecule has 0 bridgehead atoms. The first-order valence-corrected chi connectivity index (χ1v) is 8.44. The van der Waals surface area contributed by atoms with E-state index in [0.717, 1.165) is 6.42 Å². The number of nitrogens with zero attached hydrogens (tertiary/aromatic N) is 1. The number of carbonyl (C=O) groups excluding carboxylic acids is 1. The van der Waals surface area contributed by atoms with E-state index in [4.69, 9.17) is 15.6 Å². The summed E-state index contributed by atoms with van der Waals surface area (Å²) in [6, 6.07) is -0.905. The standard InChI is InChI=1S/C15H30N2O4.C2H6/c1-7-10(4)14(11(21-6)8-12(18)19)17(5)15(20)13(16)9(2)3;1-2/h9-11,13-14H,7-8,16H2,1-6H3,(H,18,19);1-2H3. The summed E-state index contributed by atoms with van der Waals surface area (Å²) in [6.07, 6.45) is 0.129. The van der Waals surface area contributed by atoms with Gasteiger partial charge in [0.05, 0.1) is 24.6 Å². The summed E-state index contributed by atoms with van der Waals surface area (Å²) < 4.78 is 5.34. The molecule has 0 aliphatic rings. The first-order chi connectivity index (χ1) is 10.7. The van der Waals surface area contributed by atoms with Crippen molar-refractivity contribution in [2.75, 3.05) is 14.2 Å². The molecule has 0 spiro atoms. The lowest BCUT2D eigenvalue weighted by Gasteiger charge is -2.38. The minimum absolute atomic E-state index is 0.0259. The Kier molecular flexibility index (Phi) is 12.9. The van der Waals surface area contributed by atoms with Gasteiger partial charge in [-0.2, -0.15) is 0 Å². The van der Waals surface area contributed by atoms with Gasteiger partial charge in [-0.05, 0) is 11.8 Å². The fourth-order valence-electron chi connectivity index (χ4n) is 2.42. The third kappa shape index (κ3) is 7.79. The Bertz CT molecular complexity index is 347. The van der Waals surface area contributed by atoms with Crippen LogP contribution in [0.25, 0.3) is 0 Å². The van der Waals surface area contributed by atoms with Crippen LogP contribution in [0.15, 0.2) is 0 Å². The van der Waals surface area contributed by atoms with Crippen LogP contribution < -0.4 is 5.73 Å². The molecule has 3 N–H and O–H groups in total. The lowest BCUT2D eigenvalue weighted by atomic mass is 9.90. The van der Waals surface area contributed by atoms with Gasteiger partial charge in [0.1, 0.15) is 0 Å². The second-order valence-corrected chi connectivity index (χ2v) is 5.97. The first-order valence-electron chi connectivity index (χ1n) is 8.44. The van der Waals surface area contributed by atoms with Crippen LogP contribution in [-0.4, -0.2) is 54.2 Å². The fraction of sp³-hybridized carbons (Fsp3) is 0.882. The predicted octanol–water partition coefficient (Wildman–Crippen LogP) is 2.36. The van der Waals surface area contributed by atoms with Crippen molar-refractivity contribution in [1.29, 1.82) is 0 Å². The molecule has 23 heavy (non-hydrogen) atoms. The van der Waals surface area contributed by atoms with Gasteiger partial charge in [-0.3, -0.25) is 9.59 Å². The number of rotatable bonds is 9. The lowest BCUT2D eigenvalue weighted by Crippen LogP contribution is -2.55. The molecule has 0 radical (unpaired) electrons. The van der Waals surface area contributed by atoms with Crippen molar-refractivity contribution < 1.29 is 19.4 Å². The van der Waals surface area contributed by atoms with Crippen LogP contribution >= 0.6 is 0 Å². The van der Waals surface area contributed by atoms with Crippen LogP contribution in [0.3, 0.4) is 0 Å². The quantitative estimate of drug-likeness (QED) is 0.676. The van der Waals surface area contributed by atoms with Gasteiger partial charge < -0.3 is 20.5 Å². The molecule has 0 rings (SSSR count). The number of carboxylic acid groups (broad SMARTS) is 1. The maximum absolute atomic E-state index is 12.5. The number of hydrogen-bond acceptors (Lipinski definition) is 4. The highest BCUT2D eigenvalue weighted by Crippen LogP contribution is 2.22. The molecular weight excluding hydrogens is 296 g/mol. The molecule has 6 nitrogen and oxygen atoms in total. The Balaban J connectivity index is 0. The van der Waals surface area contributed by atoms with E-state index in [1.807, 2.05) is 41.5 Å². The molecular formula is C17H36N2O4. The Morgan fingerprint density at radius 3 is 2.00 bits per heavy atom. The number of amides is 1. The van der Waals surface area contributed by atoms with Crippen molar-refractivity contribution in [3.63, 3.8) is 0 Å². The minimum Gasteiger partial charge on any atom is -0.481 e. The van der Waals surface area contributed by atoms with E-state index in [0.29, 0.717) is 0 Å². The summed E-state index contributed by atoms with van der Waals surface area (Å²) in [5.74, 6) is -0.979. The average Bonchev–Trinajstić information content (AvgIpc) is 2.53. The fourth-order valence-corrected chi connectivity index (χ4v) is 2.42. The van der Waals surface area contributed by atoms with E-state index in [1.54, 1.807) is 11.9 Å². The Hall–Kier alpha value is -1.14. The van der Waals surface area contributed by atoms with E-state index in [-0.39, 0.29) is 30.2 Å². The van der Waals surface area contributed by atoms with Crippen molar-refractivity contribution in [2.45, 2.75) is 72.6 Å². The molecule has 1 amide bonds. The predicted molar refractivity (Wildman–Crippen MR) is 93.2 cm³/mol. The molecule has 0 heterocycles. The molecule has 0 aromatic carbocycles. The third-order valence-corrected chi connectivity index (χ3v) is 4.08. The van der Waals surface area contributed by atoms with Crippen LogP contribution in [-0.2, 0) is 14.3 Å². The van der Waals surface area contributed by atoms with Crippen molar-refractivity contribution in [3.8, 4) is 0 Å². The number of nitrogens with two attached hydrogens (primary N) is 1. The highest BCUT2D eigenvalue weighted by molar-refractivity contribution is 5.82. The zero-order valence-electron chi connectivity index (χ0n) is 16.0. The molecule has 0 aromatic rings. The molecule has 138 valence electrons. The monoisotopic (exact) mass is 332 g/mol. The van der Waals surface area contributed by atoms with Crippen molar-refractivity contribution in [2.24, 2.45) is 17.6 Å². The smallest absolute Gasteiger partial charge is 0.306 e. The highest BCUT2D eigenvalue weighted by Gasteiger charge is 2.35. The highest BCUT2D eigenvalue weighted by atomic mass is 16.5. The zero-order chi connectivity index (χ0) is 18.7. The summed E-state index contributed by atoms with van der Waals surface area (Å²) in [5, 5.41) is 9.03. The lowest BCUT2D eigenvalue weighted by molar-refractivity contribution is -0.146. The Morgan fingerprint density at radius 1 is 1.22 bits per heavy atom. The molecule has 0 saturated carbocycles. The van der Waals surface area contributed by atoms with E-state index in [2.05, 4.69) is 0 Å². The van der Waals surface area contributed by atoms with Gasteiger partial charge in [-0.15, -0.1) is 0 Å². The number of ether oxygens (including phenoxy) is 1. The summed E-state index contributed by atoms with van der Waals surface area (Å²) in [6.45, 7) is 11.8. The second kappa shape index (κ2) is 12.3. The molecule has 0 saturated heterocycles. The summed E-state index contributed by atoms with van der Waals surface area (Å²) in [4.78, 5) is 25.0. The summed E-state index contributed by atoms with van der Waals surface area (Å²) in [5.41, 5.74) is 5.93. The topological polar surface area (TPSA) is 92.9 Å². The average molecular weight is 332 g/mol. The molecule has 4 atom stereocenters. The van der Waals surface area contributed by atoms with Crippen LogP contribution in [0.1, 0.15) is 54.4 Å². The van der Waals surface area contributed by atoms with E-state index >= 15 is 0 Å². The maximum atomic E-state index is 12.5. The third-order valence-electron chi connectivity index (χ3n) is 4.08. The van der Waals surface area contributed by atoms with Crippen molar-refractivity contribution >= 4 is 11.9 Å². The van der Waals surface area contributed by atoms with Crippen molar-refractivity contribution in [3.05, 3.63) is 0 Å². The van der Waals surface area contributed by atoms with Gasteiger partial charge >= 0.3 is 5.97 Å². The number of hydrogen-bond donors (Lipinski definition) is 2. The van der Waals surface area contributed by atoms with Gasteiger partial charge in [0.15, 0.2) is 0 Å². The zero-order valence-corrected chi connectivity index (χ0v) is 16.0. The summed E-state index contributed by atoms with van der Waals surface area (Å²) in [7, 11) is 3.15. The normalized spacial score (nSPS) is 15.9. The summed E-state index contributed by atoms with van der Waals surface area (Å²) >= 11 is 0. The van der Waals surface area contributed by atoms with Crippen LogP contribution in [0.5, 0.6) is 0 Å². The Morgan fingerprint density at radius 2 is 1.70 bits per heavy atom.